The molecule has 2 heterocycles. The molecule has 0 aromatic carbocycles. The number of aryl methyl sites for hydroxylation is 1. The first-order valence-corrected chi connectivity index (χ1v) is 9.04. The fraction of sp³-hybridized carbons (Fsp3) is 0.706. The minimum Gasteiger partial charge on any atom is -0.365 e. The molecule has 1 amide bonds. The summed E-state index contributed by atoms with van der Waals surface area (Å²) in [6, 6.07) is 0.245. The normalized spacial score (nSPS) is 21.9. The molecule has 0 radical (unpaired) electrons. The molecular weight excluding hydrogens is 312 g/mol. The van der Waals surface area contributed by atoms with E-state index in [0.717, 1.165) is 56.0 Å². The van der Waals surface area contributed by atoms with E-state index in [2.05, 4.69) is 15.3 Å². The molecule has 1 N–H and O–H groups in total. The number of nitrogens with zero attached hydrogens (tertiary/aromatic N) is 3. The average Bonchev–Trinajstić information content (AvgIpc) is 3.22. The summed E-state index contributed by atoms with van der Waals surface area (Å²) in [5.74, 6) is 2.16. The second-order valence-electron chi connectivity index (χ2n) is 6.65. The number of hydrogen-bond donors (Lipinski definition) is 1. The monoisotopic (exact) mass is 336 g/mol. The van der Waals surface area contributed by atoms with Crippen LogP contribution in [-0.4, -0.2) is 39.9 Å². The lowest BCUT2D eigenvalue weighted by atomic mass is 10.1. The van der Waals surface area contributed by atoms with Crippen LogP contribution < -0.4 is 5.32 Å². The molecule has 1 aromatic heterocycles. The van der Waals surface area contributed by atoms with E-state index in [1.54, 1.807) is 0 Å². The van der Waals surface area contributed by atoms with Crippen molar-refractivity contribution < 1.29 is 4.79 Å². The van der Waals surface area contributed by atoms with Gasteiger partial charge in [-0.25, -0.2) is 9.97 Å². The van der Waals surface area contributed by atoms with Gasteiger partial charge in [0.25, 0.3) is 0 Å². The van der Waals surface area contributed by atoms with Gasteiger partial charge in [-0.3, -0.25) is 4.79 Å². The van der Waals surface area contributed by atoms with Gasteiger partial charge in [-0.05, 0) is 26.2 Å². The molecule has 1 aliphatic carbocycles. The summed E-state index contributed by atoms with van der Waals surface area (Å²) in [6.07, 6.45) is 6.24. The Morgan fingerprint density at radius 2 is 2.04 bits per heavy atom. The van der Waals surface area contributed by atoms with Crippen molar-refractivity contribution in [2.75, 3.05) is 18.4 Å². The van der Waals surface area contributed by atoms with Crippen molar-refractivity contribution in [3.05, 3.63) is 16.5 Å². The van der Waals surface area contributed by atoms with Crippen molar-refractivity contribution in [2.45, 2.75) is 58.4 Å². The van der Waals surface area contributed by atoms with Crippen LogP contribution in [-0.2, 0) is 11.2 Å². The van der Waals surface area contributed by atoms with Gasteiger partial charge in [0, 0.05) is 37.0 Å². The van der Waals surface area contributed by atoms with E-state index in [1.165, 1.54) is 12.8 Å². The van der Waals surface area contributed by atoms with E-state index in [0.29, 0.717) is 11.1 Å². The third-order valence-electron chi connectivity index (χ3n) is 4.99. The molecular formula is C17H25ClN4O. The van der Waals surface area contributed by atoms with Crippen LogP contribution in [0, 0.1) is 12.8 Å². The molecule has 6 heteroatoms. The van der Waals surface area contributed by atoms with Gasteiger partial charge in [0.2, 0.25) is 5.91 Å². The molecule has 3 rings (SSSR count). The Hall–Kier alpha value is -1.36. The van der Waals surface area contributed by atoms with Crippen LogP contribution in [0.1, 0.15) is 50.4 Å². The number of likely N-dealkylation sites (tertiary alicyclic amines) is 1. The minimum atomic E-state index is 0.245. The zero-order valence-corrected chi connectivity index (χ0v) is 14.7. The fourth-order valence-electron chi connectivity index (χ4n) is 3.53. The third kappa shape index (κ3) is 3.60. The molecule has 1 aliphatic heterocycles. The first kappa shape index (κ1) is 16.5. The second-order valence-corrected chi connectivity index (χ2v) is 7.01. The Morgan fingerprint density at radius 1 is 1.30 bits per heavy atom. The lowest BCUT2D eigenvalue weighted by molar-refractivity contribution is -0.134. The quantitative estimate of drug-likeness (QED) is 0.858. The average molecular weight is 337 g/mol. The van der Waals surface area contributed by atoms with E-state index in [9.17, 15) is 4.79 Å². The number of hydrogen-bond acceptors (Lipinski definition) is 4. The molecule has 1 saturated heterocycles. The number of amides is 1. The van der Waals surface area contributed by atoms with E-state index >= 15 is 0 Å². The molecule has 0 spiro atoms. The lowest BCUT2D eigenvalue weighted by Crippen LogP contribution is -2.35. The zero-order valence-electron chi connectivity index (χ0n) is 13.9. The van der Waals surface area contributed by atoms with E-state index in [-0.39, 0.29) is 12.0 Å². The van der Waals surface area contributed by atoms with Crippen LogP contribution in [0.15, 0.2) is 0 Å². The number of anilines is 1. The molecule has 5 nitrogen and oxygen atoms in total. The van der Waals surface area contributed by atoms with Gasteiger partial charge in [0.1, 0.15) is 16.8 Å². The van der Waals surface area contributed by atoms with Crippen molar-refractivity contribution in [1.82, 2.24) is 14.9 Å². The molecule has 2 fully saturated rings. The summed E-state index contributed by atoms with van der Waals surface area (Å²) in [5.41, 5.74) is 0.879. The van der Waals surface area contributed by atoms with Crippen molar-refractivity contribution in [1.29, 1.82) is 0 Å². The van der Waals surface area contributed by atoms with Crippen molar-refractivity contribution in [3.63, 3.8) is 0 Å². The van der Waals surface area contributed by atoms with Crippen LogP contribution in [0.5, 0.6) is 0 Å². The molecule has 1 atom stereocenters. The van der Waals surface area contributed by atoms with Crippen molar-refractivity contribution in [3.8, 4) is 0 Å². The number of carbonyl (C=O) groups excluding carboxylic acids is 1. The Morgan fingerprint density at radius 3 is 2.74 bits per heavy atom. The van der Waals surface area contributed by atoms with Crippen molar-refractivity contribution >= 4 is 23.3 Å². The van der Waals surface area contributed by atoms with Crippen molar-refractivity contribution in [2.24, 2.45) is 5.92 Å². The number of nitrogens with one attached hydrogen (secondary N) is 1. The largest absolute Gasteiger partial charge is 0.365 e. The van der Waals surface area contributed by atoms with Gasteiger partial charge in [-0.15, -0.1) is 0 Å². The van der Waals surface area contributed by atoms with E-state index in [4.69, 9.17) is 11.6 Å². The molecule has 23 heavy (non-hydrogen) atoms. The third-order valence-corrected chi connectivity index (χ3v) is 5.36. The highest BCUT2D eigenvalue weighted by atomic mass is 35.5. The molecule has 2 aliphatic rings. The van der Waals surface area contributed by atoms with Gasteiger partial charge in [0.05, 0.1) is 0 Å². The summed E-state index contributed by atoms with van der Waals surface area (Å²) in [4.78, 5) is 23.4. The molecule has 126 valence electrons. The zero-order chi connectivity index (χ0) is 16.4. The van der Waals surface area contributed by atoms with E-state index in [1.807, 2.05) is 18.7 Å². The minimum absolute atomic E-state index is 0.245. The first-order valence-electron chi connectivity index (χ1n) is 8.66. The van der Waals surface area contributed by atoms with Crippen LogP contribution in [0.4, 0.5) is 5.82 Å². The number of rotatable bonds is 4. The highest BCUT2D eigenvalue weighted by Crippen LogP contribution is 2.29. The van der Waals surface area contributed by atoms with Gasteiger partial charge in [-0.1, -0.05) is 31.4 Å². The van der Waals surface area contributed by atoms with Crippen LogP contribution in [0.25, 0.3) is 0 Å². The maximum Gasteiger partial charge on any atom is 0.225 e. The van der Waals surface area contributed by atoms with E-state index < -0.39 is 0 Å². The maximum absolute atomic E-state index is 12.5. The van der Waals surface area contributed by atoms with Crippen LogP contribution in [0.3, 0.4) is 0 Å². The Bertz CT molecular complexity index is 586. The number of halogens is 1. The molecule has 0 bridgehead atoms. The number of carbonyl (C=O) groups is 1. The SMILES string of the molecule is CCc1nc(Cl)c(C)c(NC2CCN(C(=O)C3CCCC3)C2)n1. The highest BCUT2D eigenvalue weighted by Gasteiger charge is 2.32. The van der Waals surface area contributed by atoms with Gasteiger partial charge in [0.15, 0.2) is 0 Å². The Balaban J connectivity index is 1.64. The summed E-state index contributed by atoms with van der Waals surface area (Å²) >= 11 is 6.19. The first-order chi connectivity index (χ1) is 11.1. The topological polar surface area (TPSA) is 58.1 Å². The Kier molecular flexibility index (Phi) is 5.05. The van der Waals surface area contributed by atoms with Gasteiger partial charge >= 0.3 is 0 Å². The summed E-state index contributed by atoms with van der Waals surface area (Å²) < 4.78 is 0. The van der Waals surface area contributed by atoms with Crippen LogP contribution >= 0.6 is 11.6 Å². The molecule has 1 saturated carbocycles. The lowest BCUT2D eigenvalue weighted by Gasteiger charge is -2.21. The summed E-state index contributed by atoms with van der Waals surface area (Å²) in [7, 11) is 0. The highest BCUT2D eigenvalue weighted by molar-refractivity contribution is 6.30. The molecule has 1 aromatic rings. The summed E-state index contributed by atoms with van der Waals surface area (Å²) in [6.45, 7) is 5.55. The summed E-state index contributed by atoms with van der Waals surface area (Å²) in [5, 5.41) is 3.98. The van der Waals surface area contributed by atoms with Gasteiger partial charge < -0.3 is 10.2 Å². The van der Waals surface area contributed by atoms with Crippen LogP contribution in [0.2, 0.25) is 5.15 Å². The second kappa shape index (κ2) is 7.04. The smallest absolute Gasteiger partial charge is 0.225 e. The molecule has 1 unspecified atom stereocenters. The standard InChI is InChI=1S/C17H25ClN4O/c1-3-14-20-15(18)11(2)16(21-14)19-13-8-9-22(10-13)17(23)12-6-4-5-7-12/h12-13H,3-10H2,1-2H3,(H,19,20,21). The predicted molar refractivity (Wildman–Crippen MR) is 91.7 cm³/mol. The van der Waals surface area contributed by atoms with Gasteiger partial charge in [-0.2, -0.15) is 0 Å². The fourth-order valence-corrected chi connectivity index (χ4v) is 3.72. The Labute approximate surface area is 142 Å². The maximum atomic E-state index is 12.5. The number of aromatic nitrogens is 2. The predicted octanol–water partition coefficient (Wildman–Crippen LogP) is 3.20.